The van der Waals surface area contributed by atoms with Gasteiger partial charge in [-0.3, -0.25) is 9.69 Å². The summed E-state index contributed by atoms with van der Waals surface area (Å²) in [7, 11) is 0. The summed E-state index contributed by atoms with van der Waals surface area (Å²) in [4.78, 5) is 14.0. The Morgan fingerprint density at radius 3 is 2.29 bits per heavy atom. The van der Waals surface area contributed by atoms with Crippen LogP contribution in [0.4, 0.5) is 0 Å². The van der Waals surface area contributed by atoms with E-state index in [1.165, 1.54) is 27.1 Å². The average Bonchev–Trinajstić information content (AvgIpc) is 2.62. The van der Waals surface area contributed by atoms with Crippen LogP contribution in [-0.2, 0) is 11.3 Å². The normalized spacial score (nSPS) is 18.9. The Morgan fingerprint density at radius 2 is 1.67 bits per heavy atom. The molecule has 1 aliphatic heterocycles. The maximum atomic E-state index is 11.6. The standard InChI is InChI=1S/C21H22N2O/c22-21(24)17-8-5-11-23(13-17)14-20-18-9-3-1-6-15(18)12-16-7-2-4-10-19(16)20/h1-4,6-7,9-10,12,17H,5,8,11,13-14H2,(H2,22,24)/t17-/m1/s1. The van der Waals surface area contributed by atoms with E-state index in [-0.39, 0.29) is 11.8 Å². The zero-order chi connectivity index (χ0) is 16.5. The van der Waals surface area contributed by atoms with Crippen molar-refractivity contribution in [1.82, 2.24) is 4.90 Å². The number of likely N-dealkylation sites (tertiary alicyclic amines) is 1. The van der Waals surface area contributed by atoms with E-state index in [0.29, 0.717) is 0 Å². The quantitative estimate of drug-likeness (QED) is 0.749. The highest BCUT2D eigenvalue weighted by Crippen LogP contribution is 2.30. The number of rotatable bonds is 3. The number of hydrogen-bond donors (Lipinski definition) is 1. The molecule has 24 heavy (non-hydrogen) atoms. The predicted molar refractivity (Wildman–Crippen MR) is 98.6 cm³/mol. The maximum absolute atomic E-state index is 11.6. The van der Waals surface area contributed by atoms with Gasteiger partial charge in [0, 0.05) is 13.1 Å². The maximum Gasteiger partial charge on any atom is 0.221 e. The molecule has 2 N–H and O–H groups in total. The fourth-order valence-electron chi connectivity index (χ4n) is 3.93. The second-order valence-electron chi connectivity index (χ2n) is 6.77. The van der Waals surface area contributed by atoms with Crippen LogP contribution in [0.25, 0.3) is 21.5 Å². The molecule has 122 valence electrons. The number of primary amides is 1. The minimum absolute atomic E-state index is 0.0139. The van der Waals surface area contributed by atoms with Crippen molar-refractivity contribution in [3.8, 4) is 0 Å². The van der Waals surface area contributed by atoms with Crippen molar-refractivity contribution in [1.29, 1.82) is 0 Å². The Morgan fingerprint density at radius 1 is 1.04 bits per heavy atom. The lowest BCUT2D eigenvalue weighted by Gasteiger charge is -2.31. The molecule has 0 spiro atoms. The van der Waals surface area contributed by atoms with Gasteiger partial charge in [0.2, 0.25) is 5.91 Å². The van der Waals surface area contributed by atoms with Gasteiger partial charge in [-0.1, -0.05) is 48.5 Å². The fourth-order valence-corrected chi connectivity index (χ4v) is 3.93. The van der Waals surface area contributed by atoms with E-state index in [2.05, 4.69) is 59.5 Å². The van der Waals surface area contributed by atoms with Crippen molar-refractivity contribution in [2.24, 2.45) is 11.7 Å². The fraction of sp³-hybridized carbons (Fsp3) is 0.286. The number of benzene rings is 3. The van der Waals surface area contributed by atoms with Crippen molar-refractivity contribution in [2.75, 3.05) is 13.1 Å². The zero-order valence-electron chi connectivity index (χ0n) is 13.7. The Bertz CT molecular complexity index is 849. The Hall–Kier alpha value is -2.39. The summed E-state index contributed by atoms with van der Waals surface area (Å²) >= 11 is 0. The van der Waals surface area contributed by atoms with Crippen LogP contribution < -0.4 is 5.73 Å². The van der Waals surface area contributed by atoms with Crippen LogP contribution in [0.2, 0.25) is 0 Å². The molecular formula is C21H22N2O. The van der Waals surface area contributed by atoms with E-state index in [9.17, 15) is 4.79 Å². The van der Waals surface area contributed by atoms with Gasteiger partial charge in [0.1, 0.15) is 0 Å². The summed E-state index contributed by atoms with van der Waals surface area (Å²) in [5, 5.41) is 5.15. The van der Waals surface area contributed by atoms with Crippen molar-refractivity contribution in [3.05, 3.63) is 60.2 Å². The number of nitrogens with zero attached hydrogens (tertiary/aromatic N) is 1. The number of amides is 1. The van der Waals surface area contributed by atoms with Crippen LogP contribution >= 0.6 is 0 Å². The zero-order valence-corrected chi connectivity index (χ0v) is 13.7. The van der Waals surface area contributed by atoms with Crippen molar-refractivity contribution < 1.29 is 4.79 Å². The van der Waals surface area contributed by atoms with Crippen LogP contribution in [0.3, 0.4) is 0 Å². The van der Waals surface area contributed by atoms with Crippen molar-refractivity contribution in [3.63, 3.8) is 0 Å². The van der Waals surface area contributed by atoms with Gasteiger partial charge in [-0.05, 0) is 52.6 Å². The molecule has 0 aromatic heterocycles. The van der Waals surface area contributed by atoms with E-state index in [4.69, 9.17) is 5.73 Å². The van der Waals surface area contributed by atoms with Crippen molar-refractivity contribution in [2.45, 2.75) is 19.4 Å². The van der Waals surface area contributed by atoms with Crippen LogP contribution in [-0.4, -0.2) is 23.9 Å². The molecule has 1 heterocycles. The first-order valence-corrected chi connectivity index (χ1v) is 8.63. The molecule has 3 heteroatoms. The first kappa shape index (κ1) is 15.2. The number of carbonyl (C=O) groups excluding carboxylic acids is 1. The van der Waals surface area contributed by atoms with E-state index >= 15 is 0 Å². The van der Waals surface area contributed by atoms with Crippen LogP contribution in [0.5, 0.6) is 0 Å². The first-order valence-electron chi connectivity index (χ1n) is 8.63. The molecule has 3 aromatic carbocycles. The second kappa shape index (κ2) is 6.25. The average molecular weight is 318 g/mol. The van der Waals surface area contributed by atoms with E-state index in [1.54, 1.807) is 0 Å². The summed E-state index contributed by atoms with van der Waals surface area (Å²) in [5.74, 6) is -0.178. The molecule has 1 amide bonds. The SMILES string of the molecule is NC(=O)[C@@H]1CCCN(Cc2c3ccccc3cc3ccccc23)C1. The number of nitrogens with two attached hydrogens (primary N) is 1. The summed E-state index contributed by atoms with van der Waals surface area (Å²) in [6, 6.07) is 19.4. The van der Waals surface area contributed by atoms with Gasteiger partial charge in [0.05, 0.1) is 5.92 Å². The molecule has 3 nitrogen and oxygen atoms in total. The summed E-state index contributed by atoms with van der Waals surface area (Å²) in [6.07, 6.45) is 1.96. The van der Waals surface area contributed by atoms with Gasteiger partial charge >= 0.3 is 0 Å². The van der Waals surface area contributed by atoms with Gasteiger partial charge in [-0.15, -0.1) is 0 Å². The highest BCUT2D eigenvalue weighted by Gasteiger charge is 2.24. The third-order valence-corrected chi connectivity index (χ3v) is 5.17. The Labute approximate surface area is 142 Å². The molecule has 1 atom stereocenters. The van der Waals surface area contributed by atoms with E-state index in [1.807, 2.05) is 0 Å². The van der Waals surface area contributed by atoms with Gasteiger partial charge in [-0.25, -0.2) is 0 Å². The molecule has 0 saturated carbocycles. The molecule has 3 aromatic rings. The first-order chi connectivity index (χ1) is 11.7. The lowest BCUT2D eigenvalue weighted by Crippen LogP contribution is -2.40. The summed E-state index contributed by atoms with van der Waals surface area (Å²) in [5.41, 5.74) is 6.89. The van der Waals surface area contributed by atoms with Gasteiger partial charge in [0.15, 0.2) is 0 Å². The number of piperidine rings is 1. The second-order valence-corrected chi connectivity index (χ2v) is 6.77. The van der Waals surface area contributed by atoms with Crippen molar-refractivity contribution >= 4 is 27.5 Å². The molecule has 1 fully saturated rings. The smallest absolute Gasteiger partial charge is 0.221 e. The topological polar surface area (TPSA) is 46.3 Å². The molecular weight excluding hydrogens is 296 g/mol. The minimum atomic E-state index is -0.164. The highest BCUT2D eigenvalue weighted by atomic mass is 16.1. The molecule has 4 rings (SSSR count). The third-order valence-electron chi connectivity index (χ3n) is 5.17. The molecule has 0 unspecified atom stereocenters. The Kier molecular flexibility index (Phi) is 3.95. The largest absolute Gasteiger partial charge is 0.369 e. The summed E-state index contributed by atoms with van der Waals surface area (Å²) < 4.78 is 0. The number of hydrogen-bond acceptors (Lipinski definition) is 2. The lowest BCUT2D eigenvalue weighted by molar-refractivity contribution is -0.123. The molecule has 1 saturated heterocycles. The predicted octanol–water partition coefficient (Wildman–Crippen LogP) is 3.69. The minimum Gasteiger partial charge on any atom is -0.369 e. The highest BCUT2D eigenvalue weighted by molar-refractivity contribution is 6.02. The molecule has 1 aliphatic rings. The monoisotopic (exact) mass is 318 g/mol. The van der Waals surface area contributed by atoms with Gasteiger partial charge in [0.25, 0.3) is 0 Å². The van der Waals surface area contributed by atoms with Gasteiger partial charge in [-0.2, -0.15) is 0 Å². The van der Waals surface area contributed by atoms with Crippen LogP contribution in [0, 0.1) is 5.92 Å². The number of carbonyl (C=O) groups is 1. The molecule has 0 radical (unpaired) electrons. The van der Waals surface area contributed by atoms with Crippen LogP contribution in [0.15, 0.2) is 54.6 Å². The lowest BCUT2D eigenvalue weighted by atomic mass is 9.94. The van der Waals surface area contributed by atoms with E-state index in [0.717, 1.165) is 32.5 Å². The summed E-state index contributed by atoms with van der Waals surface area (Å²) in [6.45, 7) is 2.67. The number of fused-ring (bicyclic) bond motifs is 2. The van der Waals surface area contributed by atoms with E-state index < -0.39 is 0 Å². The molecule has 0 aliphatic carbocycles. The van der Waals surface area contributed by atoms with Gasteiger partial charge < -0.3 is 5.73 Å². The third kappa shape index (κ3) is 2.76. The Balaban J connectivity index is 1.78. The molecule has 0 bridgehead atoms. The van der Waals surface area contributed by atoms with Crippen LogP contribution in [0.1, 0.15) is 18.4 Å².